The van der Waals surface area contributed by atoms with E-state index in [1.54, 1.807) is 0 Å². The molecule has 3 heteroatoms. The van der Waals surface area contributed by atoms with E-state index in [9.17, 15) is 4.79 Å². The summed E-state index contributed by atoms with van der Waals surface area (Å²) in [6.07, 6.45) is 2.93. The Labute approximate surface area is 116 Å². The van der Waals surface area contributed by atoms with Crippen molar-refractivity contribution in [3.8, 4) is 0 Å². The van der Waals surface area contributed by atoms with Crippen LogP contribution in [-0.2, 0) is 4.79 Å². The highest BCUT2D eigenvalue weighted by Crippen LogP contribution is 2.23. The number of nitrogens with zero attached hydrogens (tertiary/aromatic N) is 1. The number of aryl methyl sites for hydroxylation is 1. The molecule has 0 unspecified atom stereocenters. The van der Waals surface area contributed by atoms with Crippen molar-refractivity contribution < 1.29 is 4.79 Å². The fourth-order valence-electron chi connectivity index (χ4n) is 2.79. The maximum atomic E-state index is 12.5. The number of amides is 1. The number of nitrogens with one attached hydrogen (secondary N) is 1. The van der Waals surface area contributed by atoms with Crippen LogP contribution in [0.1, 0.15) is 31.7 Å². The van der Waals surface area contributed by atoms with Crippen molar-refractivity contribution in [3.05, 3.63) is 29.8 Å². The zero-order valence-electron chi connectivity index (χ0n) is 12.0. The van der Waals surface area contributed by atoms with Gasteiger partial charge in [0.1, 0.15) is 0 Å². The first-order valence-corrected chi connectivity index (χ1v) is 7.29. The van der Waals surface area contributed by atoms with Gasteiger partial charge in [-0.15, -0.1) is 0 Å². The molecule has 0 spiro atoms. The average Bonchev–Trinajstić information content (AvgIpc) is 2.43. The SMILES string of the molecule is CCN(C(=O)CC1CCNCC1)c1ccccc1C. The minimum absolute atomic E-state index is 0.267. The van der Waals surface area contributed by atoms with Gasteiger partial charge in [-0.25, -0.2) is 0 Å². The maximum absolute atomic E-state index is 12.5. The summed E-state index contributed by atoms with van der Waals surface area (Å²) in [5.74, 6) is 0.815. The minimum atomic E-state index is 0.267. The van der Waals surface area contributed by atoms with Crippen LogP contribution in [0.4, 0.5) is 5.69 Å². The lowest BCUT2D eigenvalue weighted by Crippen LogP contribution is -2.35. The van der Waals surface area contributed by atoms with E-state index in [-0.39, 0.29) is 5.91 Å². The van der Waals surface area contributed by atoms with Crippen LogP contribution in [0.2, 0.25) is 0 Å². The highest BCUT2D eigenvalue weighted by atomic mass is 16.2. The van der Waals surface area contributed by atoms with Gasteiger partial charge in [0.25, 0.3) is 0 Å². The summed E-state index contributed by atoms with van der Waals surface area (Å²) in [5.41, 5.74) is 2.23. The molecular weight excluding hydrogens is 236 g/mol. The number of hydrogen-bond donors (Lipinski definition) is 1. The minimum Gasteiger partial charge on any atom is -0.317 e. The van der Waals surface area contributed by atoms with Gasteiger partial charge in [-0.2, -0.15) is 0 Å². The number of piperidine rings is 1. The Hall–Kier alpha value is -1.35. The third-order valence-electron chi connectivity index (χ3n) is 3.95. The Morgan fingerprint density at radius 1 is 1.32 bits per heavy atom. The molecule has 1 aliphatic rings. The summed E-state index contributed by atoms with van der Waals surface area (Å²) in [6, 6.07) is 8.13. The topological polar surface area (TPSA) is 32.3 Å². The van der Waals surface area contributed by atoms with Crippen molar-refractivity contribution in [2.75, 3.05) is 24.5 Å². The zero-order valence-corrected chi connectivity index (χ0v) is 12.0. The first-order valence-electron chi connectivity index (χ1n) is 7.29. The quantitative estimate of drug-likeness (QED) is 0.903. The van der Waals surface area contributed by atoms with E-state index in [1.807, 2.05) is 30.0 Å². The number of carbonyl (C=O) groups is 1. The second-order valence-corrected chi connectivity index (χ2v) is 5.32. The Morgan fingerprint density at radius 3 is 2.63 bits per heavy atom. The monoisotopic (exact) mass is 260 g/mol. The van der Waals surface area contributed by atoms with Gasteiger partial charge in [0, 0.05) is 18.7 Å². The molecule has 1 aromatic rings. The standard InChI is InChI=1S/C16H24N2O/c1-3-18(15-7-5-4-6-13(15)2)16(19)12-14-8-10-17-11-9-14/h4-7,14,17H,3,8-12H2,1-2H3. The van der Waals surface area contributed by atoms with E-state index < -0.39 is 0 Å². The average molecular weight is 260 g/mol. The molecule has 0 aromatic heterocycles. The highest BCUT2D eigenvalue weighted by Gasteiger charge is 2.21. The molecule has 1 aliphatic heterocycles. The number of benzene rings is 1. The molecule has 0 atom stereocenters. The van der Waals surface area contributed by atoms with Crippen molar-refractivity contribution in [1.29, 1.82) is 0 Å². The number of anilines is 1. The molecule has 0 radical (unpaired) electrons. The van der Waals surface area contributed by atoms with Crippen molar-refractivity contribution in [2.24, 2.45) is 5.92 Å². The van der Waals surface area contributed by atoms with Crippen LogP contribution < -0.4 is 10.2 Å². The molecule has 1 fully saturated rings. The predicted molar refractivity (Wildman–Crippen MR) is 79.4 cm³/mol. The molecule has 0 bridgehead atoms. The summed E-state index contributed by atoms with van der Waals surface area (Å²) in [5, 5.41) is 3.35. The molecule has 2 rings (SSSR count). The molecule has 3 nitrogen and oxygen atoms in total. The maximum Gasteiger partial charge on any atom is 0.227 e. The van der Waals surface area contributed by atoms with Crippen LogP contribution in [0.25, 0.3) is 0 Å². The summed E-state index contributed by atoms with van der Waals surface area (Å²) < 4.78 is 0. The summed E-state index contributed by atoms with van der Waals surface area (Å²) in [6.45, 7) is 6.96. The van der Waals surface area contributed by atoms with E-state index in [1.165, 1.54) is 5.56 Å². The molecule has 0 aliphatic carbocycles. The van der Waals surface area contributed by atoms with Crippen molar-refractivity contribution >= 4 is 11.6 Å². The largest absolute Gasteiger partial charge is 0.317 e. The van der Waals surface area contributed by atoms with Gasteiger partial charge in [0.2, 0.25) is 5.91 Å². The van der Waals surface area contributed by atoms with Crippen LogP contribution in [0, 0.1) is 12.8 Å². The first-order chi connectivity index (χ1) is 9.22. The molecule has 1 saturated heterocycles. The van der Waals surface area contributed by atoms with Crippen molar-refractivity contribution in [2.45, 2.75) is 33.1 Å². The molecular formula is C16H24N2O. The van der Waals surface area contributed by atoms with Crippen LogP contribution in [0.3, 0.4) is 0 Å². The molecule has 104 valence electrons. The van der Waals surface area contributed by atoms with E-state index in [0.717, 1.165) is 38.2 Å². The Kier molecular flexibility index (Phi) is 4.97. The van der Waals surface area contributed by atoms with E-state index in [0.29, 0.717) is 12.3 Å². The highest BCUT2D eigenvalue weighted by molar-refractivity contribution is 5.94. The first kappa shape index (κ1) is 14.1. The normalized spacial score (nSPS) is 16.3. The van der Waals surface area contributed by atoms with Gasteiger partial charge in [-0.05, 0) is 57.3 Å². The molecule has 1 N–H and O–H groups in total. The van der Waals surface area contributed by atoms with Crippen LogP contribution in [0.15, 0.2) is 24.3 Å². The summed E-state index contributed by atoms with van der Waals surface area (Å²) >= 11 is 0. The molecule has 19 heavy (non-hydrogen) atoms. The second-order valence-electron chi connectivity index (χ2n) is 5.32. The fourth-order valence-corrected chi connectivity index (χ4v) is 2.79. The van der Waals surface area contributed by atoms with Crippen LogP contribution >= 0.6 is 0 Å². The van der Waals surface area contributed by atoms with Gasteiger partial charge in [-0.1, -0.05) is 18.2 Å². The zero-order chi connectivity index (χ0) is 13.7. The molecule has 1 heterocycles. The molecule has 1 aromatic carbocycles. The van der Waals surface area contributed by atoms with Gasteiger partial charge in [0.05, 0.1) is 0 Å². The predicted octanol–water partition coefficient (Wildman–Crippen LogP) is 2.74. The van der Waals surface area contributed by atoms with E-state index >= 15 is 0 Å². The van der Waals surface area contributed by atoms with Gasteiger partial charge in [0.15, 0.2) is 0 Å². The Bertz CT molecular complexity index is 425. The third kappa shape index (κ3) is 3.57. The van der Waals surface area contributed by atoms with E-state index in [4.69, 9.17) is 0 Å². The summed E-state index contributed by atoms with van der Waals surface area (Å²) in [7, 11) is 0. The lowest BCUT2D eigenvalue weighted by Gasteiger charge is -2.27. The van der Waals surface area contributed by atoms with E-state index in [2.05, 4.69) is 18.3 Å². The number of hydrogen-bond acceptors (Lipinski definition) is 2. The fraction of sp³-hybridized carbons (Fsp3) is 0.562. The van der Waals surface area contributed by atoms with Crippen LogP contribution in [-0.4, -0.2) is 25.5 Å². The van der Waals surface area contributed by atoms with Crippen molar-refractivity contribution in [3.63, 3.8) is 0 Å². The number of rotatable bonds is 4. The van der Waals surface area contributed by atoms with Crippen LogP contribution in [0.5, 0.6) is 0 Å². The Balaban J connectivity index is 2.04. The second kappa shape index (κ2) is 6.71. The number of para-hydroxylation sites is 1. The molecule has 0 saturated carbocycles. The van der Waals surface area contributed by atoms with Gasteiger partial charge >= 0.3 is 0 Å². The third-order valence-corrected chi connectivity index (χ3v) is 3.95. The van der Waals surface area contributed by atoms with Gasteiger partial charge < -0.3 is 10.2 Å². The summed E-state index contributed by atoms with van der Waals surface area (Å²) in [4.78, 5) is 14.4. The molecule has 1 amide bonds. The lowest BCUT2D eigenvalue weighted by molar-refractivity contribution is -0.119. The smallest absolute Gasteiger partial charge is 0.227 e. The van der Waals surface area contributed by atoms with Crippen molar-refractivity contribution in [1.82, 2.24) is 5.32 Å². The van der Waals surface area contributed by atoms with Gasteiger partial charge in [-0.3, -0.25) is 4.79 Å². The number of carbonyl (C=O) groups excluding carboxylic acids is 1. The lowest BCUT2D eigenvalue weighted by atomic mass is 9.94. The Morgan fingerprint density at radius 2 is 2.00 bits per heavy atom.